The molecule has 0 saturated heterocycles. The Kier molecular flexibility index (Phi) is 8.23. The summed E-state index contributed by atoms with van der Waals surface area (Å²) in [6, 6.07) is 9.56. The smallest absolute Gasteiger partial charge is 0.280 e. The highest BCUT2D eigenvalue weighted by atomic mass is 79.9. The molecule has 0 fully saturated rings. The molecule has 0 aliphatic carbocycles. The summed E-state index contributed by atoms with van der Waals surface area (Å²) < 4.78 is 23.9. The van der Waals surface area contributed by atoms with Crippen LogP contribution in [0.4, 0.5) is 8.78 Å². The van der Waals surface area contributed by atoms with Crippen molar-refractivity contribution in [1.29, 1.82) is 0 Å². The molecule has 2 nitrogen and oxygen atoms in total. The molecule has 0 atom stereocenters. The van der Waals surface area contributed by atoms with Gasteiger partial charge in [0.25, 0.3) is 6.08 Å². The fraction of sp³-hybridized carbons (Fsp3) is 0.250. The third-order valence-corrected chi connectivity index (χ3v) is 2.38. The van der Waals surface area contributed by atoms with E-state index in [0.717, 1.165) is 5.56 Å². The number of primary amides is 1. The predicted molar refractivity (Wildman–Crippen MR) is 67.8 cm³/mol. The van der Waals surface area contributed by atoms with E-state index in [1.54, 1.807) is 0 Å². The maximum Gasteiger partial charge on any atom is 0.280 e. The van der Waals surface area contributed by atoms with Crippen molar-refractivity contribution in [1.82, 2.24) is 0 Å². The van der Waals surface area contributed by atoms with Crippen molar-refractivity contribution < 1.29 is 13.6 Å². The van der Waals surface area contributed by atoms with Crippen LogP contribution < -0.4 is 5.73 Å². The minimum absolute atomic E-state index is 0.00338. The molecular formula is C12H14BrF2NO. The first kappa shape index (κ1) is 15.8. The second-order valence-electron chi connectivity index (χ2n) is 3.26. The molecule has 5 heteroatoms. The molecule has 0 aromatic heterocycles. The lowest BCUT2D eigenvalue weighted by molar-refractivity contribution is -0.115. The van der Waals surface area contributed by atoms with Crippen LogP contribution in [0.25, 0.3) is 0 Å². The number of amides is 1. The SMILES string of the molecule is CC(N)=O.FC(F)=C(Br)CCc1ccccc1. The number of halogens is 3. The number of hydrogen-bond donors (Lipinski definition) is 1. The van der Waals surface area contributed by atoms with E-state index in [0.29, 0.717) is 12.8 Å². The quantitative estimate of drug-likeness (QED) is 0.910. The van der Waals surface area contributed by atoms with E-state index >= 15 is 0 Å². The van der Waals surface area contributed by atoms with E-state index in [1.807, 2.05) is 30.3 Å². The molecule has 1 rings (SSSR count). The van der Waals surface area contributed by atoms with E-state index in [9.17, 15) is 13.6 Å². The van der Waals surface area contributed by atoms with Gasteiger partial charge in [-0.15, -0.1) is 0 Å². The number of nitrogens with two attached hydrogens (primary N) is 1. The molecule has 1 aromatic rings. The van der Waals surface area contributed by atoms with Gasteiger partial charge in [0.05, 0.1) is 4.48 Å². The highest BCUT2D eigenvalue weighted by molar-refractivity contribution is 9.11. The number of allylic oxidation sites excluding steroid dienone is 1. The average molecular weight is 306 g/mol. The van der Waals surface area contributed by atoms with Gasteiger partial charge in [-0.25, -0.2) is 0 Å². The molecule has 17 heavy (non-hydrogen) atoms. The van der Waals surface area contributed by atoms with Gasteiger partial charge in [-0.1, -0.05) is 30.3 Å². The van der Waals surface area contributed by atoms with Crippen LogP contribution in [0.5, 0.6) is 0 Å². The van der Waals surface area contributed by atoms with Crippen LogP contribution in [-0.2, 0) is 11.2 Å². The summed E-state index contributed by atoms with van der Waals surface area (Å²) in [7, 11) is 0. The van der Waals surface area contributed by atoms with Crippen LogP contribution in [0.1, 0.15) is 18.9 Å². The normalized spacial score (nSPS) is 8.94. The van der Waals surface area contributed by atoms with Gasteiger partial charge in [-0.3, -0.25) is 4.79 Å². The summed E-state index contributed by atoms with van der Waals surface area (Å²) in [6.07, 6.45) is -0.638. The lowest BCUT2D eigenvalue weighted by Crippen LogP contribution is -2.01. The van der Waals surface area contributed by atoms with Crippen LogP contribution >= 0.6 is 15.9 Å². The number of aryl methyl sites for hydroxylation is 1. The molecule has 0 spiro atoms. The molecule has 0 radical (unpaired) electrons. The van der Waals surface area contributed by atoms with Crippen molar-refractivity contribution in [2.24, 2.45) is 5.73 Å². The molecule has 94 valence electrons. The molecule has 1 aromatic carbocycles. The van der Waals surface area contributed by atoms with Gasteiger partial charge < -0.3 is 5.73 Å². The summed E-state index contributed by atoms with van der Waals surface area (Å²) in [4.78, 5) is 9.22. The fourth-order valence-corrected chi connectivity index (χ4v) is 1.19. The van der Waals surface area contributed by atoms with Crippen molar-refractivity contribution in [2.75, 3.05) is 0 Å². The van der Waals surface area contributed by atoms with Gasteiger partial charge >= 0.3 is 0 Å². The number of carbonyl (C=O) groups excluding carboxylic acids is 1. The minimum atomic E-state index is -1.63. The molecule has 1 amide bonds. The third-order valence-electron chi connectivity index (χ3n) is 1.68. The second-order valence-corrected chi connectivity index (χ2v) is 4.22. The van der Waals surface area contributed by atoms with Crippen LogP contribution in [0.2, 0.25) is 0 Å². The highest BCUT2D eigenvalue weighted by Crippen LogP contribution is 2.20. The van der Waals surface area contributed by atoms with Gasteiger partial charge in [-0.05, 0) is 34.3 Å². The standard InChI is InChI=1S/C10H9BrF2.C2H5NO/c11-9(10(12)13)7-6-8-4-2-1-3-5-8;1-2(3)4/h1-5H,6-7H2;1H3,(H2,3,4). The number of benzene rings is 1. The molecule has 0 bridgehead atoms. The summed E-state index contributed by atoms with van der Waals surface area (Å²) in [6.45, 7) is 1.31. The van der Waals surface area contributed by atoms with Crippen molar-refractivity contribution >= 4 is 21.8 Å². The maximum absolute atomic E-state index is 12.0. The van der Waals surface area contributed by atoms with Crippen molar-refractivity contribution in [3.05, 3.63) is 46.5 Å². The third kappa shape index (κ3) is 9.68. The van der Waals surface area contributed by atoms with Gasteiger partial charge in [0.1, 0.15) is 0 Å². The van der Waals surface area contributed by atoms with Gasteiger partial charge in [0.15, 0.2) is 0 Å². The summed E-state index contributed by atoms with van der Waals surface area (Å²) in [5.74, 6) is -0.333. The summed E-state index contributed by atoms with van der Waals surface area (Å²) in [5.41, 5.74) is 5.54. The topological polar surface area (TPSA) is 43.1 Å². The number of carbonyl (C=O) groups is 1. The van der Waals surface area contributed by atoms with Crippen LogP contribution in [0.15, 0.2) is 40.9 Å². The lowest BCUT2D eigenvalue weighted by atomic mass is 10.1. The Morgan fingerprint density at radius 2 is 1.76 bits per heavy atom. The number of hydrogen-bond acceptors (Lipinski definition) is 1. The largest absolute Gasteiger partial charge is 0.370 e. The van der Waals surface area contributed by atoms with Gasteiger partial charge in [-0.2, -0.15) is 8.78 Å². The van der Waals surface area contributed by atoms with Crippen LogP contribution in [0, 0.1) is 0 Å². The Morgan fingerprint density at radius 3 is 2.18 bits per heavy atom. The van der Waals surface area contributed by atoms with E-state index in [2.05, 4.69) is 21.7 Å². The summed E-state index contributed by atoms with van der Waals surface area (Å²) in [5, 5.41) is 0. The average Bonchev–Trinajstić information content (AvgIpc) is 2.26. The van der Waals surface area contributed by atoms with Crippen molar-refractivity contribution in [3.63, 3.8) is 0 Å². The monoisotopic (exact) mass is 305 g/mol. The molecule has 0 saturated carbocycles. The Bertz CT molecular complexity index is 371. The molecule has 2 N–H and O–H groups in total. The lowest BCUT2D eigenvalue weighted by Gasteiger charge is -1.98. The maximum atomic E-state index is 12.0. The second kappa shape index (κ2) is 8.87. The zero-order valence-electron chi connectivity index (χ0n) is 9.42. The van der Waals surface area contributed by atoms with Gasteiger partial charge in [0, 0.05) is 6.92 Å². The first-order valence-corrected chi connectivity index (χ1v) is 5.72. The predicted octanol–water partition coefficient (Wildman–Crippen LogP) is 3.61. The van der Waals surface area contributed by atoms with E-state index in [1.165, 1.54) is 6.92 Å². The Balaban J connectivity index is 0.000000557. The van der Waals surface area contributed by atoms with Crippen molar-refractivity contribution in [2.45, 2.75) is 19.8 Å². The Morgan fingerprint density at radius 1 is 1.29 bits per heavy atom. The Hall–Kier alpha value is -1.23. The first-order valence-electron chi connectivity index (χ1n) is 4.93. The molecule has 0 unspecified atom stereocenters. The Labute approximate surface area is 108 Å². The molecule has 0 heterocycles. The van der Waals surface area contributed by atoms with Crippen molar-refractivity contribution in [3.8, 4) is 0 Å². The first-order chi connectivity index (χ1) is 7.93. The molecular weight excluding hydrogens is 292 g/mol. The summed E-state index contributed by atoms with van der Waals surface area (Å²) >= 11 is 2.83. The molecule has 0 aliphatic heterocycles. The van der Waals surface area contributed by atoms with Gasteiger partial charge in [0.2, 0.25) is 5.91 Å². The highest BCUT2D eigenvalue weighted by Gasteiger charge is 2.01. The van der Waals surface area contributed by atoms with E-state index in [-0.39, 0.29) is 10.4 Å². The van der Waals surface area contributed by atoms with E-state index in [4.69, 9.17) is 0 Å². The van der Waals surface area contributed by atoms with Crippen LogP contribution in [-0.4, -0.2) is 5.91 Å². The molecule has 0 aliphatic rings. The minimum Gasteiger partial charge on any atom is -0.370 e. The zero-order valence-corrected chi connectivity index (χ0v) is 11.0. The zero-order chi connectivity index (χ0) is 13.3. The van der Waals surface area contributed by atoms with Crippen LogP contribution in [0.3, 0.4) is 0 Å². The van der Waals surface area contributed by atoms with E-state index < -0.39 is 6.08 Å². The fourth-order valence-electron chi connectivity index (χ4n) is 0.993. The number of rotatable bonds is 3.